The van der Waals surface area contributed by atoms with Crippen LogP contribution in [0.25, 0.3) is 11.1 Å². The van der Waals surface area contributed by atoms with Crippen LogP contribution >= 0.6 is 0 Å². The Morgan fingerprint density at radius 3 is 2.74 bits per heavy atom. The van der Waals surface area contributed by atoms with Gasteiger partial charge in [-0.15, -0.1) is 0 Å². The molecule has 0 aliphatic rings. The maximum Gasteiger partial charge on any atom is 0.417 e. The Bertz CT molecular complexity index is 849. The Kier molecular flexibility index (Phi) is 4.57. The summed E-state index contributed by atoms with van der Waals surface area (Å²) in [4.78, 5) is 25.7. The number of aromatic nitrogens is 1. The van der Waals surface area contributed by atoms with Gasteiger partial charge in [0.2, 0.25) is 5.91 Å². The van der Waals surface area contributed by atoms with E-state index >= 15 is 0 Å². The van der Waals surface area contributed by atoms with Gasteiger partial charge in [-0.3, -0.25) is 9.78 Å². The zero-order valence-corrected chi connectivity index (χ0v) is 12.7. The van der Waals surface area contributed by atoms with E-state index in [2.05, 4.69) is 22.4 Å². The Balaban J connectivity index is 1.47. The monoisotopic (exact) mass is 310 g/mol. The molecule has 1 aromatic heterocycles. The molecule has 0 atom stereocenters. The van der Waals surface area contributed by atoms with Crippen LogP contribution in [0, 0.1) is 0 Å². The molecule has 0 bridgehead atoms. The molecule has 0 saturated heterocycles. The standard InChI is InChI=1S/C18H18N2O3/c21-17(19-10-4-7-13-5-2-1-3-6-13)12-14-8-9-16-15(11-14)20-18(22)23-16/h1-3,5-6,8-9,11H,4,7,10,12H2,(H,19,21)(H,20,22). The van der Waals surface area contributed by atoms with E-state index in [4.69, 9.17) is 4.42 Å². The summed E-state index contributed by atoms with van der Waals surface area (Å²) in [5, 5.41) is 2.92. The maximum absolute atomic E-state index is 12.0. The van der Waals surface area contributed by atoms with Gasteiger partial charge < -0.3 is 9.73 Å². The van der Waals surface area contributed by atoms with E-state index in [-0.39, 0.29) is 12.3 Å². The van der Waals surface area contributed by atoms with Crippen LogP contribution in [0.15, 0.2) is 57.7 Å². The van der Waals surface area contributed by atoms with Crippen molar-refractivity contribution < 1.29 is 9.21 Å². The molecular formula is C18H18N2O3. The molecule has 0 saturated carbocycles. The lowest BCUT2D eigenvalue weighted by atomic mass is 10.1. The molecule has 118 valence electrons. The van der Waals surface area contributed by atoms with E-state index in [1.165, 1.54) is 5.56 Å². The third-order valence-corrected chi connectivity index (χ3v) is 3.66. The summed E-state index contributed by atoms with van der Waals surface area (Å²) in [5.41, 5.74) is 3.23. The highest BCUT2D eigenvalue weighted by molar-refractivity contribution is 5.80. The van der Waals surface area contributed by atoms with E-state index in [0.717, 1.165) is 18.4 Å². The lowest BCUT2D eigenvalue weighted by Crippen LogP contribution is -2.26. The van der Waals surface area contributed by atoms with Crippen molar-refractivity contribution in [3.8, 4) is 0 Å². The third-order valence-electron chi connectivity index (χ3n) is 3.66. The maximum atomic E-state index is 12.0. The number of H-pyrrole nitrogens is 1. The number of benzene rings is 2. The molecule has 3 aromatic rings. The lowest BCUT2D eigenvalue weighted by Gasteiger charge is -2.05. The molecule has 0 fully saturated rings. The Morgan fingerprint density at radius 2 is 1.91 bits per heavy atom. The van der Waals surface area contributed by atoms with E-state index in [1.54, 1.807) is 18.2 Å². The Morgan fingerprint density at radius 1 is 1.09 bits per heavy atom. The zero-order chi connectivity index (χ0) is 16.1. The molecule has 0 aliphatic carbocycles. The second-order valence-electron chi connectivity index (χ2n) is 5.46. The van der Waals surface area contributed by atoms with Gasteiger partial charge >= 0.3 is 5.76 Å². The van der Waals surface area contributed by atoms with Crippen LogP contribution in [0.1, 0.15) is 17.5 Å². The van der Waals surface area contributed by atoms with Gasteiger partial charge in [0.1, 0.15) is 0 Å². The van der Waals surface area contributed by atoms with Crippen molar-refractivity contribution in [2.45, 2.75) is 19.3 Å². The fraction of sp³-hybridized carbons (Fsp3) is 0.222. The number of nitrogens with one attached hydrogen (secondary N) is 2. The fourth-order valence-corrected chi connectivity index (χ4v) is 2.52. The molecule has 1 amide bonds. The summed E-state index contributed by atoms with van der Waals surface area (Å²) in [7, 11) is 0. The normalized spacial score (nSPS) is 10.8. The van der Waals surface area contributed by atoms with Gasteiger partial charge in [-0.05, 0) is 36.1 Å². The highest BCUT2D eigenvalue weighted by Crippen LogP contribution is 2.12. The van der Waals surface area contributed by atoms with Gasteiger partial charge in [-0.25, -0.2) is 4.79 Å². The van der Waals surface area contributed by atoms with Gasteiger partial charge in [0.25, 0.3) is 0 Å². The summed E-state index contributed by atoms with van der Waals surface area (Å²) < 4.78 is 4.94. The van der Waals surface area contributed by atoms with Crippen molar-refractivity contribution in [2.75, 3.05) is 6.54 Å². The lowest BCUT2D eigenvalue weighted by molar-refractivity contribution is -0.120. The molecule has 0 spiro atoms. The molecule has 5 heteroatoms. The van der Waals surface area contributed by atoms with Crippen molar-refractivity contribution in [3.63, 3.8) is 0 Å². The number of rotatable bonds is 6. The minimum absolute atomic E-state index is 0.0248. The second-order valence-corrected chi connectivity index (χ2v) is 5.46. The number of hydrogen-bond donors (Lipinski definition) is 2. The highest BCUT2D eigenvalue weighted by atomic mass is 16.4. The van der Waals surface area contributed by atoms with Gasteiger partial charge in [-0.2, -0.15) is 0 Å². The Labute approximate surface area is 133 Å². The van der Waals surface area contributed by atoms with Crippen molar-refractivity contribution in [3.05, 3.63) is 70.2 Å². The summed E-state index contributed by atoms with van der Waals surface area (Å²) in [5.74, 6) is -0.509. The molecule has 2 N–H and O–H groups in total. The summed E-state index contributed by atoms with van der Waals surface area (Å²) in [6.07, 6.45) is 2.14. The predicted octanol–water partition coefficient (Wildman–Crippen LogP) is 2.41. The van der Waals surface area contributed by atoms with Crippen molar-refractivity contribution in [1.29, 1.82) is 0 Å². The minimum Gasteiger partial charge on any atom is -0.408 e. The Hall–Kier alpha value is -2.82. The van der Waals surface area contributed by atoms with E-state index in [9.17, 15) is 9.59 Å². The fourth-order valence-electron chi connectivity index (χ4n) is 2.52. The zero-order valence-electron chi connectivity index (χ0n) is 12.7. The number of fused-ring (bicyclic) bond motifs is 1. The minimum atomic E-state index is -0.484. The molecule has 2 aromatic carbocycles. The van der Waals surface area contributed by atoms with Gasteiger partial charge in [0.15, 0.2) is 5.58 Å². The molecule has 23 heavy (non-hydrogen) atoms. The second kappa shape index (κ2) is 6.96. The smallest absolute Gasteiger partial charge is 0.408 e. The number of amides is 1. The molecular weight excluding hydrogens is 292 g/mol. The average molecular weight is 310 g/mol. The topological polar surface area (TPSA) is 75.1 Å². The number of aromatic amines is 1. The van der Waals surface area contributed by atoms with Crippen molar-refractivity contribution in [2.24, 2.45) is 0 Å². The van der Waals surface area contributed by atoms with E-state index in [0.29, 0.717) is 17.6 Å². The van der Waals surface area contributed by atoms with Gasteiger partial charge in [0.05, 0.1) is 11.9 Å². The summed E-state index contributed by atoms with van der Waals surface area (Å²) in [6.45, 7) is 0.651. The number of carbonyl (C=O) groups is 1. The first-order valence-corrected chi connectivity index (χ1v) is 7.63. The SMILES string of the molecule is O=C(Cc1ccc2oc(=O)[nH]c2c1)NCCCc1ccccc1. The molecule has 3 rings (SSSR count). The summed E-state index contributed by atoms with van der Waals surface area (Å²) >= 11 is 0. The molecule has 0 aliphatic heterocycles. The largest absolute Gasteiger partial charge is 0.417 e. The first-order valence-electron chi connectivity index (χ1n) is 7.63. The number of carbonyl (C=O) groups excluding carboxylic acids is 1. The number of oxazole rings is 1. The van der Waals surface area contributed by atoms with E-state index in [1.807, 2.05) is 18.2 Å². The molecule has 0 radical (unpaired) electrons. The first kappa shape index (κ1) is 15.1. The first-order chi connectivity index (χ1) is 11.2. The van der Waals surface area contributed by atoms with Gasteiger partial charge in [0, 0.05) is 6.54 Å². The quantitative estimate of drug-likeness (QED) is 0.687. The van der Waals surface area contributed by atoms with Crippen LogP contribution < -0.4 is 11.1 Å². The highest BCUT2D eigenvalue weighted by Gasteiger charge is 2.06. The van der Waals surface area contributed by atoms with Crippen LogP contribution in [0.5, 0.6) is 0 Å². The molecule has 1 heterocycles. The van der Waals surface area contributed by atoms with Crippen LogP contribution in [0.2, 0.25) is 0 Å². The van der Waals surface area contributed by atoms with Crippen molar-refractivity contribution in [1.82, 2.24) is 10.3 Å². The molecule has 0 unspecified atom stereocenters. The van der Waals surface area contributed by atoms with Crippen LogP contribution in [-0.4, -0.2) is 17.4 Å². The van der Waals surface area contributed by atoms with Crippen LogP contribution in [-0.2, 0) is 17.6 Å². The van der Waals surface area contributed by atoms with Crippen LogP contribution in [0.4, 0.5) is 0 Å². The molecule has 5 nitrogen and oxygen atoms in total. The van der Waals surface area contributed by atoms with Crippen molar-refractivity contribution >= 4 is 17.0 Å². The third kappa shape index (κ3) is 4.10. The van der Waals surface area contributed by atoms with E-state index < -0.39 is 5.76 Å². The number of aryl methyl sites for hydroxylation is 1. The number of hydrogen-bond acceptors (Lipinski definition) is 3. The van der Waals surface area contributed by atoms with Gasteiger partial charge in [-0.1, -0.05) is 36.4 Å². The predicted molar refractivity (Wildman–Crippen MR) is 88.3 cm³/mol. The van der Waals surface area contributed by atoms with Crippen LogP contribution in [0.3, 0.4) is 0 Å². The summed E-state index contributed by atoms with van der Waals surface area (Å²) in [6, 6.07) is 15.5. The average Bonchev–Trinajstić information content (AvgIpc) is 2.92.